The minimum absolute atomic E-state index is 0.0316. The van der Waals surface area contributed by atoms with Crippen molar-refractivity contribution in [1.82, 2.24) is 4.31 Å². The van der Waals surface area contributed by atoms with Gasteiger partial charge in [0.05, 0.1) is 30.3 Å². The summed E-state index contributed by atoms with van der Waals surface area (Å²) in [5, 5.41) is 10.2. The van der Waals surface area contributed by atoms with E-state index in [1.165, 1.54) is 0 Å². The quantitative estimate of drug-likeness (QED) is 0.913. The molecule has 1 aliphatic carbocycles. The summed E-state index contributed by atoms with van der Waals surface area (Å²) in [7, 11) is -3.58. The molecule has 0 unspecified atom stereocenters. The lowest BCUT2D eigenvalue weighted by atomic mass is 9.96. The molecule has 6 heteroatoms. The zero-order chi connectivity index (χ0) is 16.6. The number of aryl methyl sites for hydroxylation is 2. The molecule has 0 radical (unpaired) electrons. The third-order valence-corrected chi connectivity index (χ3v) is 7.14. The average molecular weight is 339 g/mol. The zero-order valence-corrected chi connectivity index (χ0v) is 14.6. The molecule has 5 nitrogen and oxygen atoms in total. The largest absolute Gasteiger partial charge is 0.393 e. The van der Waals surface area contributed by atoms with Crippen molar-refractivity contribution in [3.05, 3.63) is 29.3 Å². The maximum Gasteiger partial charge on any atom is 0.243 e. The summed E-state index contributed by atoms with van der Waals surface area (Å²) < 4.78 is 33.5. The standard InChI is InChI=1S/C17H25NO4S/c1-12-6-7-17(13(2)10-12)23(20,21)18-8-9-22-11-15(18)14-4-3-5-16(14)19/h6-7,10,14-16,19H,3-5,8-9,11H2,1-2H3/t14-,15+,16+/m0/s1. The van der Waals surface area contributed by atoms with E-state index >= 15 is 0 Å². The predicted octanol–water partition coefficient (Wildman–Crippen LogP) is 1.85. The highest BCUT2D eigenvalue weighted by Crippen LogP contribution is 2.35. The van der Waals surface area contributed by atoms with Crippen molar-refractivity contribution in [2.45, 2.75) is 50.2 Å². The Morgan fingerprint density at radius 1 is 1.26 bits per heavy atom. The molecule has 128 valence electrons. The molecule has 0 aromatic heterocycles. The van der Waals surface area contributed by atoms with Gasteiger partial charge in [-0.05, 0) is 38.3 Å². The molecule has 23 heavy (non-hydrogen) atoms. The van der Waals surface area contributed by atoms with Crippen molar-refractivity contribution in [2.24, 2.45) is 5.92 Å². The van der Waals surface area contributed by atoms with E-state index in [4.69, 9.17) is 4.74 Å². The van der Waals surface area contributed by atoms with Gasteiger partial charge in [-0.25, -0.2) is 8.42 Å². The predicted molar refractivity (Wildman–Crippen MR) is 87.8 cm³/mol. The summed E-state index contributed by atoms with van der Waals surface area (Å²) in [4.78, 5) is 0.363. The van der Waals surface area contributed by atoms with Crippen LogP contribution in [0.5, 0.6) is 0 Å². The minimum atomic E-state index is -3.58. The Hall–Kier alpha value is -0.950. The summed E-state index contributed by atoms with van der Waals surface area (Å²) in [5.74, 6) is -0.0316. The number of nitrogens with zero attached hydrogens (tertiary/aromatic N) is 1. The molecule has 3 rings (SSSR count). The molecule has 2 fully saturated rings. The molecule has 1 heterocycles. The Kier molecular flexibility index (Phi) is 4.78. The summed E-state index contributed by atoms with van der Waals surface area (Å²) in [6, 6.07) is 5.15. The van der Waals surface area contributed by atoms with Crippen LogP contribution in [0.25, 0.3) is 0 Å². The molecule has 1 saturated heterocycles. The average Bonchev–Trinajstić information content (AvgIpc) is 2.93. The Morgan fingerprint density at radius 3 is 2.70 bits per heavy atom. The highest BCUT2D eigenvalue weighted by molar-refractivity contribution is 7.89. The number of morpholine rings is 1. The van der Waals surface area contributed by atoms with Crippen LogP contribution in [0.1, 0.15) is 30.4 Å². The van der Waals surface area contributed by atoms with Crippen LogP contribution < -0.4 is 0 Å². The zero-order valence-electron chi connectivity index (χ0n) is 13.7. The second-order valence-corrected chi connectivity index (χ2v) is 8.55. The highest BCUT2D eigenvalue weighted by atomic mass is 32.2. The van der Waals surface area contributed by atoms with E-state index in [0.29, 0.717) is 24.7 Å². The first-order valence-electron chi connectivity index (χ1n) is 8.26. The number of hydrogen-bond acceptors (Lipinski definition) is 4. The van der Waals surface area contributed by atoms with Crippen molar-refractivity contribution in [1.29, 1.82) is 0 Å². The molecule has 1 aliphatic heterocycles. The number of aliphatic hydroxyl groups is 1. The van der Waals surface area contributed by atoms with Gasteiger partial charge in [0.15, 0.2) is 0 Å². The van der Waals surface area contributed by atoms with Gasteiger partial charge in [0.1, 0.15) is 0 Å². The van der Waals surface area contributed by atoms with Gasteiger partial charge in [-0.3, -0.25) is 0 Å². The first kappa shape index (κ1) is 16.9. The smallest absolute Gasteiger partial charge is 0.243 e. The number of hydrogen-bond donors (Lipinski definition) is 1. The fourth-order valence-electron chi connectivity index (χ4n) is 3.88. The lowest BCUT2D eigenvalue weighted by Crippen LogP contribution is -2.53. The van der Waals surface area contributed by atoms with Crippen LogP contribution in [0.2, 0.25) is 0 Å². The lowest BCUT2D eigenvalue weighted by Gasteiger charge is -2.39. The maximum absolute atomic E-state index is 13.2. The first-order valence-corrected chi connectivity index (χ1v) is 9.70. The summed E-state index contributed by atoms with van der Waals surface area (Å²) in [5.41, 5.74) is 1.81. The van der Waals surface area contributed by atoms with Gasteiger partial charge in [0.25, 0.3) is 0 Å². The molecular formula is C17H25NO4S. The van der Waals surface area contributed by atoms with Crippen molar-refractivity contribution in [3.63, 3.8) is 0 Å². The number of aliphatic hydroxyl groups excluding tert-OH is 1. The van der Waals surface area contributed by atoms with Gasteiger partial charge >= 0.3 is 0 Å². The molecule has 1 saturated carbocycles. The second kappa shape index (κ2) is 6.51. The molecule has 0 bridgehead atoms. The van der Waals surface area contributed by atoms with E-state index in [2.05, 4.69) is 0 Å². The fourth-order valence-corrected chi connectivity index (χ4v) is 5.72. The van der Waals surface area contributed by atoms with Crippen LogP contribution in [0.3, 0.4) is 0 Å². The van der Waals surface area contributed by atoms with Crippen LogP contribution in [0.15, 0.2) is 23.1 Å². The van der Waals surface area contributed by atoms with Crippen LogP contribution in [-0.2, 0) is 14.8 Å². The van der Waals surface area contributed by atoms with Gasteiger partial charge in [-0.15, -0.1) is 0 Å². The third-order valence-electron chi connectivity index (χ3n) is 5.06. The molecule has 3 atom stereocenters. The van der Waals surface area contributed by atoms with E-state index in [0.717, 1.165) is 30.4 Å². The van der Waals surface area contributed by atoms with Crippen molar-refractivity contribution < 1.29 is 18.3 Å². The molecular weight excluding hydrogens is 314 g/mol. The van der Waals surface area contributed by atoms with Gasteiger partial charge in [0, 0.05) is 12.5 Å². The molecule has 2 aliphatic rings. The fraction of sp³-hybridized carbons (Fsp3) is 0.647. The number of sulfonamides is 1. The monoisotopic (exact) mass is 339 g/mol. The van der Waals surface area contributed by atoms with Crippen LogP contribution in [0.4, 0.5) is 0 Å². The van der Waals surface area contributed by atoms with Crippen LogP contribution in [-0.4, -0.2) is 49.7 Å². The maximum atomic E-state index is 13.2. The van der Waals surface area contributed by atoms with Crippen molar-refractivity contribution >= 4 is 10.0 Å². The van der Waals surface area contributed by atoms with Gasteiger partial charge in [0.2, 0.25) is 10.0 Å². The van der Waals surface area contributed by atoms with E-state index < -0.39 is 16.1 Å². The third kappa shape index (κ3) is 3.18. The summed E-state index contributed by atoms with van der Waals surface area (Å²) >= 11 is 0. The van der Waals surface area contributed by atoms with Crippen LogP contribution in [0, 0.1) is 19.8 Å². The van der Waals surface area contributed by atoms with Gasteiger partial charge in [-0.2, -0.15) is 4.31 Å². The van der Waals surface area contributed by atoms with E-state index in [-0.39, 0.29) is 12.0 Å². The summed E-state index contributed by atoms with van der Waals surface area (Å²) in [6.07, 6.45) is 2.12. The Balaban J connectivity index is 1.95. The second-order valence-electron chi connectivity index (χ2n) is 6.69. The Morgan fingerprint density at radius 2 is 2.04 bits per heavy atom. The van der Waals surface area contributed by atoms with Crippen molar-refractivity contribution in [3.8, 4) is 0 Å². The van der Waals surface area contributed by atoms with E-state index in [9.17, 15) is 13.5 Å². The number of rotatable bonds is 3. The van der Waals surface area contributed by atoms with E-state index in [1.54, 1.807) is 10.4 Å². The topological polar surface area (TPSA) is 66.8 Å². The SMILES string of the molecule is Cc1ccc(S(=O)(=O)N2CCOC[C@@H]2[C@@H]2CCC[C@H]2O)c(C)c1. The van der Waals surface area contributed by atoms with Gasteiger partial charge < -0.3 is 9.84 Å². The van der Waals surface area contributed by atoms with E-state index in [1.807, 2.05) is 26.0 Å². The first-order chi connectivity index (χ1) is 10.9. The van der Waals surface area contributed by atoms with Crippen LogP contribution >= 0.6 is 0 Å². The molecule has 1 aromatic carbocycles. The molecule has 1 N–H and O–H groups in total. The number of ether oxygens (including phenoxy) is 1. The highest BCUT2D eigenvalue weighted by Gasteiger charge is 2.42. The normalized spacial score (nSPS) is 29.8. The number of benzene rings is 1. The Bertz CT molecular complexity index is 673. The molecule has 1 aromatic rings. The Labute approximate surface area is 138 Å². The lowest BCUT2D eigenvalue weighted by molar-refractivity contribution is -0.0148. The van der Waals surface area contributed by atoms with Crippen molar-refractivity contribution in [2.75, 3.05) is 19.8 Å². The van der Waals surface area contributed by atoms with Gasteiger partial charge in [-0.1, -0.05) is 24.1 Å². The minimum Gasteiger partial charge on any atom is -0.393 e. The molecule has 0 amide bonds. The summed E-state index contributed by atoms with van der Waals surface area (Å²) in [6.45, 7) is 4.91. The molecule has 0 spiro atoms.